The number of aliphatic hydroxyl groups is 2. The Balaban J connectivity index is 4.47. The molecule has 0 amide bonds. The molecule has 0 aliphatic heterocycles. The molecule has 310 valence electrons. The van der Waals surface area contributed by atoms with Gasteiger partial charge in [-0.1, -0.05) is 132 Å². The molecule has 0 fully saturated rings. The fourth-order valence-corrected chi connectivity index (χ4v) is 5.75. The molecule has 3 atom stereocenters. The van der Waals surface area contributed by atoms with Crippen LogP contribution in [-0.2, 0) is 32.7 Å². The Morgan fingerprint density at radius 3 is 1.61 bits per heavy atom. The Morgan fingerprint density at radius 2 is 1.04 bits per heavy atom. The molecule has 0 aromatic heterocycles. The number of carbonyl (C=O) groups excluding carboxylic acids is 2. The summed E-state index contributed by atoms with van der Waals surface area (Å²) >= 11 is 0. The molecule has 11 heteroatoms. The second kappa shape index (κ2) is 38.7. The van der Waals surface area contributed by atoms with Gasteiger partial charge in [0, 0.05) is 12.8 Å². The van der Waals surface area contributed by atoms with E-state index < -0.39 is 51.8 Å². The number of hydrogen-bond acceptors (Lipinski definition) is 9. The number of rotatable bonds is 37. The highest BCUT2D eigenvalue weighted by Crippen LogP contribution is 2.43. The predicted molar refractivity (Wildman–Crippen MR) is 219 cm³/mol. The topological polar surface area (TPSA) is 149 Å². The van der Waals surface area contributed by atoms with Crippen molar-refractivity contribution < 1.29 is 47.8 Å². The second-order valence-electron chi connectivity index (χ2n) is 13.3. The summed E-state index contributed by atoms with van der Waals surface area (Å²) in [5.74, 6) is -1.01. The summed E-state index contributed by atoms with van der Waals surface area (Å²) in [5, 5.41) is 18.3. The zero-order valence-corrected chi connectivity index (χ0v) is 34.3. The van der Waals surface area contributed by atoms with Gasteiger partial charge in [-0.15, -0.1) is 0 Å². The molecule has 0 spiro atoms. The van der Waals surface area contributed by atoms with Crippen LogP contribution in [0.25, 0.3) is 0 Å². The maximum Gasteiger partial charge on any atom is 0.472 e. The number of aliphatic hydroxyl groups excluding tert-OH is 2. The Bertz CT molecular complexity index is 1130. The van der Waals surface area contributed by atoms with Crippen LogP contribution < -0.4 is 0 Å². The molecule has 0 bridgehead atoms. The van der Waals surface area contributed by atoms with Crippen LogP contribution in [0.3, 0.4) is 0 Å². The van der Waals surface area contributed by atoms with E-state index in [1.54, 1.807) is 0 Å². The van der Waals surface area contributed by atoms with Crippen molar-refractivity contribution in [3.8, 4) is 0 Å². The van der Waals surface area contributed by atoms with Crippen molar-refractivity contribution in [3.63, 3.8) is 0 Å². The summed E-state index contributed by atoms with van der Waals surface area (Å²) in [6.07, 6.45) is 43.0. The number of phosphoric acid groups is 1. The summed E-state index contributed by atoms with van der Waals surface area (Å²) in [4.78, 5) is 34.9. The third kappa shape index (κ3) is 37.7. The molecule has 0 saturated heterocycles. The summed E-state index contributed by atoms with van der Waals surface area (Å²) in [7, 11) is -4.64. The van der Waals surface area contributed by atoms with Gasteiger partial charge in [-0.25, -0.2) is 4.57 Å². The van der Waals surface area contributed by atoms with E-state index in [1.807, 2.05) is 12.2 Å². The highest BCUT2D eigenvalue weighted by Gasteiger charge is 2.27. The lowest BCUT2D eigenvalue weighted by molar-refractivity contribution is -0.161. The molecule has 3 N–H and O–H groups in total. The Hall–Kier alpha value is -2.59. The average Bonchev–Trinajstić information content (AvgIpc) is 3.16. The molecule has 0 aliphatic rings. The van der Waals surface area contributed by atoms with Crippen molar-refractivity contribution in [2.45, 2.75) is 161 Å². The molecule has 10 nitrogen and oxygen atoms in total. The number of hydrogen-bond donors (Lipinski definition) is 3. The lowest BCUT2D eigenvalue weighted by Crippen LogP contribution is -2.29. The average molecular weight is 781 g/mol. The number of phosphoric ester groups is 1. The van der Waals surface area contributed by atoms with Crippen LogP contribution in [0, 0.1) is 0 Å². The zero-order chi connectivity index (χ0) is 39.8. The van der Waals surface area contributed by atoms with Crippen LogP contribution in [0.2, 0.25) is 0 Å². The van der Waals surface area contributed by atoms with E-state index in [0.29, 0.717) is 19.3 Å². The first-order valence-corrected chi connectivity index (χ1v) is 21.9. The lowest BCUT2D eigenvalue weighted by Gasteiger charge is -2.20. The molecule has 0 radical (unpaired) electrons. The van der Waals surface area contributed by atoms with Gasteiger partial charge in [0.25, 0.3) is 0 Å². The zero-order valence-electron chi connectivity index (χ0n) is 33.4. The van der Waals surface area contributed by atoms with Gasteiger partial charge in [0.15, 0.2) is 6.10 Å². The second-order valence-corrected chi connectivity index (χ2v) is 14.7. The number of unbranched alkanes of at least 4 members (excludes halogenated alkanes) is 11. The standard InChI is InChI=1S/C43H73O10P/c1-3-5-7-9-11-13-15-17-19-20-21-23-25-27-29-31-33-35-43(47)53-41(39-52-54(48,49)51-37-40(45)36-44)38-50-42(46)34-32-30-28-26-24-22-18-16-14-12-10-8-6-4-2/h5,7,11,13,16-19,21,23,27,29,40-41,44-45H,3-4,6,8-10,12,14-15,20,22,24-26,28,30-39H2,1-2H3,(H,48,49)/b7-5-,13-11-,18-16-,19-17-,23-21-,29-27-. The van der Waals surface area contributed by atoms with Gasteiger partial charge in [0.05, 0.1) is 19.8 Å². The number of carbonyl (C=O) groups is 2. The quantitative estimate of drug-likeness (QED) is 0.0241. The van der Waals surface area contributed by atoms with Gasteiger partial charge in [0.2, 0.25) is 0 Å². The minimum absolute atomic E-state index is 0.101. The van der Waals surface area contributed by atoms with Crippen molar-refractivity contribution >= 4 is 19.8 Å². The summed E-state index contributed by atoms with van der Waals surface area (Å²) in [6.45, 7) is 2.16. The van der Waals surface area contributed by atoms with E-state index in [9.17, 15) is 24.2 Å². The van der Waals surface area contributed by atoms with E-state index in [2.05, 4.69) is 79.1 Å². The minimum Gasteiger partial charge on any atom is -0.462 e. The van der Waals surface area contributed by atoms with Crippen LogP contribution in [0.4, 0.5) is 0 Å². The van der Waals surface area contributed by atoms with E-state index in [0.717, 1.165) is 70.6 Å². The maximum atomic E-state index is 12.6. The predicted octanol–water partition coefficient (Wildman–Crippen LogP) is 10.5. The monoisotopic (exact) mass is 780 g/mol. The van der Waals surface area contributed by atoms with Gasteiger partial charge < -0.3 is 24.6 Å². The van der Waals surface area contributed by atoms with Crippen LogP contribution in [0.1, 0.15) is 149 Å². The number of esters is 2. The summed E-state index contributed by atoms with van der Waals surface area (Å²) in [6, 6.07) is 0. The molecule has 0 aromatic rings. The van der Waals surface area contributed by atoms with E-state index in [-0.39, 0.29) is 19.4 Å². The highest BCUT2D eigenvalue weighted by atomic mass is 31.2. The van der Waals surface area contributed by atoms with E-state index in [4.69, 9.17) is 19.1 Å². The van der Waals surface area contributed by atoms with Crippen molar-refractivity contribution in [2.24, 2.45) is 0 Å². The number of allylic oxidation sites excluding steroid dienone is 12. The fourth-order valence-electron chi connectivity index (χ4n) is 4.96. The minimum atomic E-state index is -4.64. The van der Waals surface area contributed by atoms with Crippen LogP contribution in [-0.4, -0.2) is 65.7 Å². The van der Waals surface area contributed by atoms with Gasteiger partial charge in [0.1, 0.15) is 12.7 Å². The maximum absolute atomic E-state index is 12.6. The molecule has 3 unspecified atom stereocenters. The largest absolute Gasteiger partial charge is 0.472 e. The van der Waals surface area contributed by atoms with Crippen LogP contribution >= 0.6 is 7.82 Å². The Morgan fingerprint density at radius 1 is 0.574 bits per heavy atom. The van der Waals surface area contributed by atoms with Gasteiger partial charge in [-0.05, 0) is 77.0 Å². The Labute approximate surface area is 327 Å². The molecule has 0 saturated carbocycles. The van der Waals surface area contributed by atoms with Crippen molar-refractivity contribution in [1.29, 1.82) is 0 Å². The third-order valence-corrected chi connectivity index (χ3v) is 9.05. The van der Waals surface area contributed by atoms with Gasteiger partial charge in [-0.3, -0.25) is 18.6 Å². The third-order valence-electron chi connectivity index (χ3n) is 8.09. The lowest BCUT2D eigenvalue weighted by atomic mass is 10.1. The van der Waals surface area contributed by atoms with Crippen molar-refractivity contribution in [3.05, 3.63) is 72.9 Å². The molecular formula is C43H73O10P. The SMILES string of the molecule is CC/C=C\C/C=C\C/C=C\C/C=C\C/C=C\CCCC(=O)OC(COC(=O)CCCCCCC/C=C\CCCCCCC)COP(=O)(O)OCC(O)CO. The molecular weight excluding hydrogens is 707 g/mol. The summed E-state index contributed by atoms with van der Waals surface area (Å²) < 4.78 is 32.6. The first kappa shape index (κ1) is 51.4. The molecule has 0 aromatic carbocycles. The molecule has 0 rings (SSSR count). The van der Waals surface area contributed by atoms with Crippen LogP contribution in [0.5, 0.6) is 0 Å². The molecule has 0 aliphatic carbocycles. The van der Waals surface area contributed by atoms with E-state index in [1.165, 1.54) is 32.1 Å². The highest BCUT2D eigenvalue weighted by molar-refractivity contribution is 7.47. The molecule has 54 heavy (non-hydrogen) atoms. The normalized spacial score (nSPS) is 14.7. The number of ether oxygens (including phenoxy) is 2. The first-order chi connectivity index (χ1) is 26.2. The van der Waals surface area contributed by atoms with E-state index >= 15 is 0 Å². The van der Waals surface area contributed by atoms with Gasteiger partial charge in [-0.2, -0.15) is 0 Å². The van der Waals surface area contributed by atoms with Crippen molar-refractivity contribution in [1.82, 2.24) is 0 Å². The fraction of sp³-hybridized carbons (Fsp3) is 0.674. The van der Waals surface area contributed by atoms with Crippen molar-refractivity contribution in [2.75, 3.05) is 26.4 Å². The Kier molecular flexibility index (Phi) is 36.8. The smallest absolute Gasteiger partial charge is 0.462 e. The first-order valence-electron chi connectivity index (χ1n) is 20.4. The van der Waals surface area contributed by atoms with Gasteiger partial charge >= 0.3 is 19.8 Å². The summed E-state index contributed by atoms with van der Waals surface area (Å²) in [5.41, 5.74) is 0. The van der Waals surface area contributed by atoms with Crippen LogP contribution in [0.15, 0.2) is 72.9 Å². The molecule has 0 heterocycles.